The van der Waals surface area contributed by atoms with Crippen molar-refractivity contribution >= 4 is 11.9 Å². The highest BCUT2D eigenvalue weighted by Gasteiger charge is 2.33. The number of hydrogen-bond donors (Lipinski definition) is 3. The van der Waals surface area contributed by atoms with Gasteiger partial charge in [0.1, 0.15) is 0 Å². The average molecular weight is 278 g/mol. The van der Waals surface area contributed by atoms with Crippen LogP contribution in [0.1, 0.15) is 38.5 Å². The summed E-state index contributed by atoms with van der Waals surface area (Å²) >= 11 is 0. The van der Waals surface area contributed by atoms with E-state index in [0.29, 0.717) is 19.0 Å². The molecule has 0 unspecified atom stereocenters. The van der Waals surface area contributed by atoms with Crippen LogP contribution in [0.25, 0.3) is 0 Å². The predicted octanol–water partition coefficient (Wildman–Crippen LogP) is 1.09. The molecule has 6 nitrogen and oxygen atoms in total. The van der Waals surface area contributed by atoms with Crippen molar-refractivity contribution in [1.29, 1.82) is 0 Å². The van der Waals surface area contributed by atoms with Crippen LogP contribution in [-0.4, -0.2) is 39.7 Å². The summed E-state index contributed by atoms with van der Waals surface area (Å²) in [6.07, 6.45) is 7.90. The Kier molecular flexibility index (Phi) is 5.29. The average Bonchev–Trinajstić information content (AvgIpc) is 2.86. The van der Waals surface area contributed by atoms with Crippen LogP contribution >= 0.6 is 0 Å². The van der Waals surface area contributed by atoms with Gasteiger partial charge in [-0.3, -0.25) is 4.79 Å². The molecular formula is C14H22N4O2. The summed E-state index contributed by atoms with van der Waals surface area (Å²) in [5.74, 6) is 0.532. The molecule has 0 saturated heterocycles. The summed E-state index contributed by atoms with van der Waals surface area (Å²) in [6, 6.07) is 1.76. The zero-order valence-electron chi connectivity index (χ0n) is 11.6. The molecule has 1 aromatic rings. The monoisotopic (exact) mass is 278 g/mol. The Morgan fingerprint density at radius 1 is 1.25 bits per heavy atom. The highest BCUT2D eigenvalue weighted by Crippen LogP contribution is 2.32. The Morgan fingerprint density at radius 3 is 2.65 bits per heavy atom. The summed E-state index contributed by atoms with van der Waals surface area (Å²) in [5.41, 5.74) is -0.764. The van der Waals surface area contributed by atoms with Crippen molar-refractivity contribution in [1.82, 2.24) is 15.3 Å². The maximum atomic E-state index is 11.7. The van der Waals surface area contributed by atoms with E-state index in [2.05, 4.69) is 20.6 Å². The first-order valence-corrected chi connectivity index (χ1v) is 7.18. The van der Waals surface area contributed by atoms with Crippen molar-refractivity contribution < 1.29 is 9.90 Å². The minimum absolute atomic E-state index is 0.0645. The van der Waals surface area contributed by atoms with Gasteiger partial charge in [0.2, 0.25) is 11.9 Å². The summed E-state index contributed by atoms with van der Waals surface area (Å²) in [4.78, 5) is 19.8. The molecule has 0 spiro atoms. The molecule has 1 aliphatic carbocycles. The first-order valence-electron chi connectivity index (χ1n) is 7.18. The Bertz CT molecular complexity index is 418. The fraction of sp³-hybridized carbons (Fsp3) is 0.643. The molecule has 2 rings (SSSR count). The van der Waals surface area contributed by atoms with E-state index >= 15 is 0 Å². The van der Waals surface area contributed by atoms with Crippen LogP contribution < -0.4 is 10.6 Å². The predicted molar refractivity (Wildman–Crippen MR) is 76.2 cm³/mol. The number of amides is 1. The maximum Gasteiger partial charge on any atom is 0.222 e. The number of rotatable bonds is 7. The first kappa shape index (κ1) is 14.7. The molecule has 0 aromatic carbocycles. The molecular weight excluding hydrogens is 256 g/mol. The second-order valence-electron chi connectivity index (χ2n) is 5.31. The summed E-state index contributed by atoms with van der Waals surface area (Å²) in [7, 11) is 0. The van der Waals surface area contributed by atoms with Gasteiger partial charge >= 0.3 is 0 Å². The second kappa shape index (κ2) is 7.19. The van der Waals surface area contributed by atoms with Crippen LogP contribution in [-0.2, 0) is 4.79 Å². The van der Waals surface area contributed by atoms with Gasteiger partial charge in [0.25, 0.3) is 0 Å². The molecule has 0 bridgehead atoms. The first-order chi connectivity index (χ1) is 9.68. The SMILES string of the molecule is O=C(CC1(O)CCCC1)NCCCNc1ncccn1. The molecule has 20 heavy (non-hydrogen) atoms. The van der Waals surface area contributed by atoms with Gasteiger partial charge in [0.15, 0.2) is 0 Å². The summed E-state index contributed by atoms with van der Waals surface area (Å²) in [5, 5.41) is 16.0. The number of nitrogens with zero attached hydrogens (tertiary/aromatic N) is 2. The van der Waals surface area contributed by atoms with E-state index < -0.39 is 5.60 Å². The minimum atomic E-state index is -0.764. The molecule has 0 atom stereocenters. The van der Waals surface area contributed by atoms with Gasteiger partial charge in [-0.1, -0.05) is 12.8 Å². The quantitative estimate of drug-likeness (QED) is 0.650. The second-order valence-corrected chi connectivity index (χ2v) is 5.31. The highest BCUT2D eigenvalue weighted by atomic mass is 16.3. The van der Waals surface area contributed by atoms with Gasteiger partial charge in [0, 0.05) is 25.5 Å². The van der Waals surface area contributed by atoms with Crippen LogP contribution in [0.2, 0.25) is 0 Å². The maximum absolute atomic E-state index is 11.7. The van der Waals surface area contributed by atoms with E-state index in [1.807, 2.05) is 0 Å². The number of aromatic nitrogens is 2. The third-order valence-corrected chi connectivity index (χ3v) is 3.55. The van der Waals surface area contributed by atoms with Crippen molar-refractivity contribution in [3.63, 3.8) is 0 Å². The van der Waals surface area contributed by atoms with Crippen LogP contribution in [0.5, 0.6) is 0 Å². The lowest BCUT2D eigenvalue weighted by Gasteiger charge is -2.21. The summed E-state index contributed by atoms with van der Waals surface area (Å²) in [6.45, 7) is 1.29. The van der Waals surface area contributed by atoms with E-state index in [0.717, 1.165) is 32.1 Å². The molecule has 3 N–H and O–H groups in total. The number of anilines is 1. The molecule has 1 aromatic heterocycles. The number of hydrogen-bond acceptors (Lipinski definition) is 5. The van der Waals surface area contributed by atoms with Gasteiger partial charge in [-0.25, -0.2) is 9.97 Å². The van der Waals surface area contributed by atoms with Crippen LogP contribution in [0.3, 0.4) is 0 Å². The molecule has 6 heteroatoms. The Hall–Kier alpha value is -1.69. The lowest BCUT2D eigenvalue weighted by atomic mass is 9.98. The van der Waals surface area contributed by atoms with Crippen LogP contribution in [0, 0.1) is 0 Å². The number of nitrogens with one attached hydrogen (secondary N) is 2. The van der Waals surface area contributed by atoms with Gasteiger partial charge < -0.3 is 15.7 Å². The van der Waals surface area contributed by atoms with E-state index in [-0.39, 0.29) is 12.3 Å². The van der Waals surface area contributed by atoms with Crippen LogP contribution in [0.15, 0.2) is 18.5 Å². The number of aliphatic hydroxyl groups is 1. The molecule has 110 valence electrons. The Balaban J connectivity index is 1.55. The smallest absolute Gasteiger partial charge is 0.222 e. The fourth-order valence-corrected chi connectivity index (χ4v) is 2.48. The van der Waals surface area contributed by atoms with Crippen molar-refractivity contribution in [2.24, 2.45) is 0 Å². The molecule has 1 amide bonds. The zero-order chi connectivity index (χ0) is 14.3. The van der Waals surface area contributed by atoms with Crippen molar-refractivity contribution in [2.45, 2.75) is 44.1 Å². The van der Waals surface area contributed by atoms with Gasteiger partial charge in [0.05, 0.1) is 12.0 Å². The Labute approximate surface area is 119 Å². The van der Waals surface area contributed by atoms with Gasteiger partial charge in [-0.2, -0.15) is 0 Å². The lowest BCUT2D eigenvalue weighted by molar-refractivity contribution is -0.125. The summed E-state index contributed by atoms with van der Waals surface area (Å²) < 4.78 is 0. The topological polar surface area (TPSA) is 87.1 Å². The third-order valence-electron chi connectivity index (χ3n) is 3.55. The van der Waals surface area contributed by atoms with E-state index in [1.54, 1.807) is 18.5 Å². The fourth-order valence-electron chi connectivity index (χ4n) is 2.48. The van der Waals surface area contributed by atoms with E-state index in [9.17, 15) is 9.90 Å². The lowest BCUT2D eigenvalue weighted by Crippen LogP contribution is -2.35. The largest absolute Gasteiger partial charge is 0.389 e. The molecule has 1 heterocycles. The Morgan fingerprint density at radius 2 is 1.95 bits per heavy atom. The number of carbonyl (C=O) groups excluding carboxylic acids is 1. The van der Waals surface area contributed by atoms with Crippen molar-refractivity contribution in [2.75, 3.05) is 18.4 Å². The van der Waals surface area contributed by atoms with E-state index in [1.165, 1.54) is 0 Å². The third kappa shape index (κ3) is 4.77. The molecule has 1 saturated carbocycles. The standard InChI is InChI=1S/C14H22N4O2/c19-12(11-14(20)5-1-2-6-14)15-7-3-8-16-13-17-9-4-10-18-13/h4,9-10,20H,1-3,5-8,11H2,(H,15,19)(H,16,17,18). The van der Waals surface area contributed by atoms with E-state index in [4.69, 9.17) is 0 Å². The van der Waals surface area contributed by atoms with Crippen molar-refractivity contribution in [3.8, 4) is 0 Å². The number of carbonyl (C=O) groups is 1. The zero-order valence-corrected chi connectivity index (χ0v) is 11.6. The molecule has 1 aliphatic rings. The van der Waals surface area contributed by atoms with Crippen molar-refractivity contribution in [3.05, 3.63) is 18.5 Å². The normalized spacial score (nSPS) is 16.9. The molecule has 0 radical (unpaired) electrons. The molecule has 0 aliphatic heterocycles. The van der Waals surface area contributed by atoms with Gasteiger partial charge in [-0.05, 0) is 25.3 Å². The molecule has 1 fully saturated rings. The van der Waals surface area contributed by atoms with Gasteiger partial charge in [-0.15, -0.1) is 0 Å². The highest BCUT2D eigenvalue weighted by molar-refractivity contribution is 5.77. The minimum Gasteiger partial charge on any atom is -0.389 e. The van der Waals surface area contributed by atoms with Crippen LogP contribution in [0.4, 0.5) is 5.95 Å².